The van der Waals surface area contributed by atoms with Crippen molar-refractivity contribution in [2.24, 2.45) is 0 Å². The van der Waals surface area contributed by atoms with E-state index in [0.717, 1.165) is 0 Å². The molecule has 0 spiro atoms. The molecule has 3 aromatic carbocycles. The highest BCUT2D eigenvalue weighted by Gasteiger charge is 2.32. The number of nitrogens with one attached hydrogen (secondary N) is 1. The number of piperidine rings is 1. The van der Waals surface area contributed by atoms with E-state index in [1.807, 2.05) is 0 Å². The average molecular weight is 445 g/mol. The maximum Gasteiger partial charge on any atom is 0.197 e. The van der Waals surface area contributed by atoms with Crippen LogP contribution in [-0.4, -0.2) is 39.6 Å². The standard InChI is InChI=1S/C26H23NO6/c28-18-7-3-1-5-14(18)17-11-20(30)25-21(31)12-23(15-6-2-4-8-19(15)29)33-26(25)24(17)16-9-10-27-13-22(16)32/h1-8,11-12,16,22,27-30,32H,9-10,13H2. The van der Waals surface area contributed by atoms with Gasteiger partial charge in [-0.1, -0.05) is 30.3 Å². The minimum Gasteiger partial charge on any atom is -0.507 e. The number of para-hydroxylation sites is 2. The van der Waals surface area contributed by atoms with E-state index in [2.05, 4.69) is 5.32 Å². The number of hydrogen-bond acceptors (Lipinski definition) is 7. The molecular weight excluding hydrogens is 422 g/mol. The Hall–Kier alpha value is -3.81. The molecule has 33 heavy (non-hydrogen) atoms. The van der Waals surface area contributed by atoms with Crippen LogP contribution < -0.4 is 10.7 Å². The molecule has 4 aromatic rings. The van der Waals surface area contributed by atoms with Crippen molar-refractivity contribution in [3.63, 3.8) is 0 Å². The van der Waals surface area contributed by atoms with Gasteiger partial charge in [0.05, 0.1) is 11.7 Å². The van der Waals surface area contributed by atoms with Gasteiger partial charge < -0.3 is 30.2 Å². The smallest absolute Gasteiger partial charge is 0.197 e. The third kappa shape index (κ3) is 3.61. The van der Waals surface area contributed by atoms with E-state index in [4.69, 9.17) is 4.42 Å². The van der Waals surface area contributed by atoms with Gasteiger partial charge in [0, 0.05) is 29.7 Å². The van der Waals surface area contributed by atoms with Crippen molar-refractivity contribution in [3.05, 3.63) is 76.5 Å². The number of benzene rings is 3. The molecular formula is C26H23NO6. The van der Waals surface area contributed by atoms with E-state index in [9.17, 15) is 25.2 Å². The number of β-amino-alcohol motifs (C(OH)–C–C–N with tert-alkyl or cyclic N) is 1. The quantitative estimate of drug-likeness (QED) is 0.326. The van der Waals surface area contributed by atoms with Crippen molar-refractivity contribution < 1.29 is 24.8 Å². The molecule has 5 N–H and O–H groups in total. The highest BCUT2D eigenvalue weighted by molar-refractivity contribution is 5.95. The molecule has 168 valence electrons. The zero-order chi connectivity index (χ0) is 23.1. The van der Waals surface area contributed by atoms with Crippen LogP contribution in [-0.2, 0) is 0 Å². The lowest BCUT2D eigenvalue weighted by Gasteiger charge is -2.31. The van der Waals surface area contributed by atoms with Crippen molar-refractivity contribution >= 4 is 11.0 Å². The number of rotatable bonds is 3. The predicted molar refractivity (Wildman–Crippen MR) is 125 cm³/mol. The molecule has 2 atom stereocenters. The Morgan fingerprint density at radius 3 is 2.18 bits per heavy atom. The molecule has 2 unspecified atom stereocenters. The molecule has 1 aliphatic heterocycles. The predicted octanol–water partition coefficient (Wildman–Crippen LogP) is 3.68. The Morgan fingerprint density at radius 1 is 0.848 bits per heavy atom. The maximum atomic E-state index is 13.1. The Labute approximate surface area is 189 Å². The van der Waals surface area contributed by atoms with E-state index in [-0.39, 0.29) is 34.0 Å². The number of aromatic hydroxyl groups is 3. The first kappa shape index (κ1) is 21.1. The topological polar surface area (TPSA) is 123 Å². The fourth-order valence-electron chi connectivity index (χ4n) is 4.62. The van der Waals surface area contributed by atoms with Gasteiger partial charge in [-0.3, -0.25) is 4.79 Å². The zero-order valence-electron chi connectivity index (χ0n) is 17.7. The lowest BCUT2D eigenvalue weighted by molar-refractivity contribution is 0.118. The van der Waals surface area contributed by atoms with Gasteiger partial charge in [0.1, 0.15) is 34.0 Å². The van der Waals surface area contributed by atoms with Gasteiger partial charge in [0.15, 0.2) is 5.43 Å². The second kappa shape index (κ2) is 8.27. The van der Waals surface area contributed by atoms with Gasteiger partial charge in [-0.2, -0.15) is 0 Å². The monoisotopic (exact) mass is 445 g/mol. The van der Waals surface area contributed by atoms with E-state index in [1.165, 1.54) is 24.3 Å². The number of phenolic OH excluding ortho intramolecular Hbond substituents is 3. The van der Waals surface area contributed by atoms with E-state index in [0.29, 0.717) is 41.8 Å². The molecule has 1 fully saturated rings. The van der Waals surface area contributed by atoms with Gasteiger partial charge in [-0.05, 0) is 42.8 Å². The van der Waals surface area contributed by atoms with Gasteiger partial charge in [0.2, 0.25) is 0 Å². The largest absolute Gasteiger partial charge is 0.507 e. The van der Waals surface area contributed by atoms with Crippen LogP contribution in [0.5, 0.6) is 17.2 Å². The summed E-state index contributed by atoms with van der Waals surface area (Å²) < 4.78 is 6.19. The molecule has 0 radical (unpaired) electrons. The van der Waals surface area contributed by atoms with Crippen LogP contribution in [0.1, 0.15) is 17.9 Å². The lowest BCUT2D eigenvalue weighted by Crippen LogP contribution is -2.39. The molecule has 7 nitrogen and oxygen atoms in total. The van der Waals surface area contributed by atoms with Crippen LogP contribution in [0.2, 0.25) is 0 Å². The van der Waals surface area contributed by atoms with E-state index < -0.39 is 17.5 Å². The van der Waals surface area contributed by atoms with E-state index >= 15 is 0 Å². The number of fused-ring (bicyclic) bond motifs is 1. The summed E-state index contributed by atoms with van der Waals surface area (Å²) in [6.07, 6.45) is -0.207. The fourth-order valence-corrected chi connectivity index (χ4v) is 4.62. The van der Waals surface area contributed by atoms with E-state index in [1.54, 1.807) is 36.4 Å². The number of phenols is 3. The Morgan fingerprint density at radius 2 is 1.52 bits per heavy atom. The first-order chi connectivity index (χ1) is 16.0. The fraction of sp³-hybridized carbons (Fsp3) is 0.192. The molecule has 0 amide bonds. The van der Waals surface area contributed by atoms with Crippen molar-refractivity contribution in [3.8, 4) is 39.7 Å². The molecule has 2 heterocycles. The first-order valence-electron chi connectivity index (χ1n) is 10.7. The summed E-state index contributed by atoms with van der Waals surface area (Å²) in [5.41, 5.74) is 1.45. The highest BCUT2D eigenvalue weighted by Crippen LogP contribution is 2.45. The summed E-state index contributed by atoms with van der Waals surface area (Å²) in [5, 5.41) is 45.7. The molecule has 7 heteroatoms. The van der Waals surface area contributed by atoms with Crippen molar-refractivity contribution in [2.75, 3.05) is 13.1 Å². The van der Waals surface area contributed by atoms with Crippen LogP contribution >= 0.6 is 0 Å². The summed E-state index contributed by atoms with van der Waals surface area (Å²) in [7, 11) is 0. The lowest BCUT2D eigenvalue weighted by atomic mass is 9.81. The minimum atomic E-state index is -0.768. The van der Waals surface area contributed by atoms with Crippen LogP contribution in [0.3, 0.4) is 0 Å². The summed E-state index contributed by atoms with van der Waals surface area (Å²) >= 11 is 0. The number of aliphatic hydroxyl groups excluding tert-OH is 1. The normalized spacial score (nSPS) is 18.5. The second-order valence-corrected chi connectivity index (χ2v) is 8.24. The van der Waals surface area contributed by atoms with Gasteiger partial charge >= 0.3 is 0 Å². The Kier molecular flexibility index (Phi) is 5.28. The summed E-state index contributed by atoms with van der Waals surface area (Å²) in [5.74, 6) is -0.603. The number of hydrogen-bond donors (Lipinski definition) is 5. The highest BCUT2D eigenvalue weighted by atomic mass is 16.3. The molecule has 1 aromatic heterocycles. The van der Waals surface area contributed by atoms with Gasteiger partial charge in [-0.25, -0.2) is 0 Å². The SMILES string of the molecule is O=c1cc(-c2ccccc2O)oc2c(C3CCNCC3O)c(-c3ccccc3O)cc(O)c12. The molecule has 0 aliphatic carbocycles. The first-order valence-corrected chi connectivity index (χ1v) is 10.7. The van der Waals surface area contributed by atoms with Gasteiger partial charge in [0.25, 0.3) is 0 Å². The molecule has 0 saturated carbocycles. The third-order valence-corrected chi connectivity index (χ3v) is 6.20. The second-order valence-electron chi connectivity index (χ2n) is 8.24. The molecule has 1 aliphatic rings. The van der Waals surface area contributed by atoms with Crippen LogP contribution in [0.4, 0.5) is 0 Å². The summed E-state index contributed by atoms with van der Waals surface area (Å²) in [6, 6.07) is 15.9. The average Bonchev–Trinajstić information content (AvgIpc) is 2.80. The van der Waals surface area contributed by atoms with Crippen LogP contribution in [0.15, 0.2) is 69.9 Å². The maximum absolute atomic E-state index is 13.1. The third-order valence-electron chi connectivity index (χ3n) is 6.20. The molecule has 5 rings (SSSR count). The minimum absolute atomic E-state index is 0.000120. The van der Waals surface area contributed by atoms with Crippen molar-refractivity contribution in [1.82, 2.24) is 5.32 Å². The number of aliphatic hydroxyl groups is 1. The Balaban J connectivity index is 1.89. The van der Waals surface area contributed by atoms with Crippen LogP contribution in [0, 0.1) is 0 Å². The van der Waals surface area contributed by atoms with Gasteiger partial charge in [-0.15, -0.1) is 0 Å². The van der Waals surface area contributed by atoms with Crippen molar-refractivity contribution in [1.29, 1.82) is 0 Å². The molecule has 0 bridgehead atoms. The Bertz CT molecular complexity index is 1410. The zero-order valence-corrected chi connectivity index (χ0v) is 17.7. The molecule has 1 saturated heterocycles. The van der Waals surface area contributed by atoms with Crippen LogP contribution in [0.25, 0.3) is 33.4 Å². The summed E-state index contributed by atoms with van der Waals surface area (Å²) in [6.45, 7) is 1.00. The summed E-state index contributed by atoms with van der Waals surface area (Å²) in [4.78, 5) is 13.1. The van der Waals surface area contributed by atoms with Crippen molar-refractivity contribution in [2.45, 2.75) is 18.4 Å².